The molecular formula is C13H18O9. The van der Waals surface area contributed by atoms with Gasteiger partial charge in [0.2, 0.25) is 12.4 Å². The summed E-state index contributed by atoms with van der Waals surface area (Å²) in [5, 5.41) is 0. The Labute approximate surface area is 126 Å². The third-order valence-corrected chi connectivity index (χ3v) is 2.60. The highest BCUT2D eigenvalue weighted by Crippen LogP contribution is 2.28. The van der Waals surface area contributed by atoms with Crippen LogP contribution in [0.4, 0.5) is 0 Å². The molecular weight excluding hydrogens is 300 g/mol. The molecule has 0 aromatic carbocycles. The molecule has 4 atom stereocenters. The number of ether oxygens (including phenoxy) is 5. The number of hydrogen-bond donors (Lipinski definition) is 0. The van der Waals surface area contributed by atoms with Crippen molar-refractivity contribution in [2.24, 2.45) is 0 Å². The largest absolute Gasteiger partial charge is 0.463 e. The van der Waals surface area contributed by atoms with Gasteiger partial charge in [-0.3, -0.25) is 19.2 Å². The molecule has 0 aliphatic carbocycles. The minimum Gasteiger partial charge on any atom is -0.463 e. The normalized spacial score (nSPS) is 26.9. The topological polar surface area (TPSA) is 114 Å². The Balaban J connectivity index is 2.94. The van der Waals surface area contributed by atoms with Gasteiger partial charge >= 0.3 is 23.9 Å². The molecule has 1 heterocycles. The van der Waals surface area contributed by atoms with Crippen molar-refractivity contribution in [1.82, 2.24) is 0 Å². The first kappa shape index (κ1) is 17.9. The van der Waals surface area contributed by atoms with Crippen molar-refractivity contribution >= 4 is 23.9 Å². The van der Waals surface area contributed by atoms with E-state index in [9.17, 15) is 19.2 Å². The first-order chi connectivity index (χ1) is 10.2. The Kier molecular flexibility index (Phi) is 6.29. The highest BCUT2D eigenvalue weighted by molar-refractivity contribution is 5.68. The Morgan fingerprint density at radius 2 is 1.27 bits per heavy atom. The van der Waals surface area contributed by atoms with Crippen molar-refractivity contribution in [2.45, 2.75) is 52.3 Å². The van der Waals surface area contributed by atoms with Gasteiger partial charge in [-0.25, -0.2) is 0 Å². The second-order valence-electron chi connectivity index (χ2n) is 4.60. The molecule has 0 saturated carbocycles. The molecule has 0 N–H and O–H groups in total. The van der Waals surface area contributed by atoms with Crippen LogP contribution >= 0.6 is 0 Å². The molecule has 1 fully saturated rings. The lowest BCUT2D eigenvalue weighted by Gasteiger charge is -2.22. The van der Waals surface area contributed by atoms with E-state index < -0.39 is 48.5 Å². The standard InChI is InChI=1S/C13H18O9/c1-6(14)18-5-10-11(19-7(2)15)12(20-8(3)16)13(22-10)21-9(4)17/h10-13H,5H2,1-4H3/t10-,11-,12-,13?/m1/s1. The molecule has 0 aromatic rings. The fourth-order valence-electron chi connectivity index (χ4n) is 1.93. The Morgan fingerprint density at radius 3 is 1.73 bits per heavy atom. The van der Waals surface area contributed by atoms with Gasteiger partial charge in [0, 0.05) is 27.7 Å². The fraction of sp³-hybridized carbons (Fsp3) is 0.692. The van der Waals surface area contributed by atoms with E-state index in [-0.39, 0.29) is 6.61 Å². The van der Waals surface area contributed by atoms with E-state index in [1.807, 2.05) is 0 Å². The smallest absolute Gasteiger partial charge is 0.305 e. The van der Waals surface area contributed by atoms with Gasteiger partial charge in [-0.1, -0.05) is 0 Å². The van der Waals surface area contributed by atoms with Crippen LogP contribution in [0.3, 0.4) is 0 Å². The van der Waals surface area contributed by atoms with Gasteiger partial charge < -0.3 is 23.7 Å². The van der Waals surface area contributed by atoms with E-state index in [1.165, 1.54) is 6.92 Å². The lowest BCUT2D eigenvalue weighted by molar-refractivity contribution is -0.197. The summed E-state index contributed by atoms with van der Waals surface area (Å²) in [4.78, 5) is 44.4. The van der Waals surface area contributed by atoms with Crippen LogP contribution in [0.15, 0.2) is 0 Å². The van der Waals surface area contributed by atoms with Crippen molar-refractivity contribution in [3.05, 3.63) is 0 Å². The van der Waals surface area contributed by atoms with Crippen LogP contribution in [0.5, 0.6) is 0 Å². The molecule has 0 aromatic heterocycles. The quantitative estimate of drug-likeness (QED) is 0.497. The van der Waals surface area contributed by atoms with Crippen molar-refractivity contribution in [3.63, 3.8) is 0 Å². The van der Waals surface area contributed by atoms with Crippen LogP contribution in [-0.2, 0) is 42.9 Å². The maximum absolute atomic E-state index is 11.2. The zero-order valence-electron chi connectivity index (χ0n) is 12.7. The molecule has 0 bridgehead atoms. The van der Waals surface area contributed by atoms with Crippen LogP contribution in [-0.4, -0.2) is 55.1 Å². The summed E-state index contributed by atoms with van der Waals surface area (Å²) in [5.41, 5.74) is 0. The number of carbonyl (C=O) groups is 4. The summed E-state index contributed by atoms with van der Waals surface area (Å²) < 4.78 is 25.2. The average Bonchev–Trinajstić information content (AvgIpc) is 2.63. The maximum atomic E-state index is 11.2. The predicted octanol–water partition coefficient (Wildman–Crippen LogP) is -0.299. The summed E-state index contributed by atoms with van der Waals surface area (Å²) in [6, 6.07) is 0. The third-order valence-electron chi connectivity index (χ3n) is 2.60. The van der Waals surface area contributed by atoms with Crippen LogP contribution in [0.25, 0.3) is 0 Å². The van der Waals surface area contributed by atoms with Gasteiger partial charge in [-0.2, -0.15) is 0 Å². The highest BCUT2D eigenvalue weighted by atomic mass is 16.8. The van der Waals surface area contributed by atoms with Gasteiger partial charge in [0.05, 0.1) is 0 Å². The molecule has 124 valence electrons. The summed E-state index contributed by atoms with van der Waals surface area (Å²) in [6.45, 7) is 4.40. The molecule has 1 unspecified atom stereocenters. The number of carbonyl (C=O) groups excluding carboxylic acids is 4. The van der Waals surface area contributed by atoms with Crippen molar-refractivity contribution in [3.8, 4) is 0 Å². The van der Waals surface area contributed by atoms with E-state index in [1.54, 1.807) is 0 Å². The zero-order chi connectivity index (χ0) is 16.9. The van der Waals surface area contributed by atoms with E-state index in [0.29, 0.717) is 0 Å². The van der Waals surface area contributed by atoms with Crippen LogP contribution in [0.2, 0.25) is 0 Å². The van der Waals surface area contributed by atoms with Crippen LogP contribution in [0.1, 0.15) is 27.7 Å². The highest BCUT2D eigenvalue weighted by Gasteiger charge is 2.51. The van der Waals surface area contributed by atoms with E-state index in [4.69, 9.17) is 23.7 Å². The summed E-state index contributed by atoms with van der Waals surface area (Å²) in [7, 11) is 0. The van der Waals surface area contributed by atoms with Gasteiger partial charge in [-0.05, 0) is 0 Å². The number of hydrogen-bond acceptors (Lipinski definition) is 9. The zero-order valence-corrected chi connectivity index (χ0v) is 12.7. The SMILES string of the molecule is CC(=O)OC[C@H]1OC(OC(C)=O)[C@H](OC(C)=O)[C@@H]1OC(C)=O. The van der Waals surface area contributed by atoms with Gasteiger partial charge in [-0.15, -0.1) is 0 Å². The first-order valence-electron chi connectivity index (χ1n) is 6.51. The first-order valence-corrected chi connectivity index (χ1v) is 6.51. The molecule has 0 amide bonds. The molecule has 1 aliphatic rings. The second-order valence-corrected chi connectivity index (χ2v) is 4.60. The molecule has 22 heavy (non-hydrogen) atoms. The molecule has 0 radical (unpaired) electrons. The lowest BCUT2D eigenvalue weighted by Crippen LogP contribution is -2.42. The Bertz CT molecular complexity index is 458. The summed E-state index contributed by atoms with van der Waals surface area (Å²) in [5.74, 6) is -2.56. The minimum atomic E-state index is -1.26. The van der Waals surface area contributed by atoms with E-state index in [2.05, 4.69) is 0 Å². The number of esters is 4. The molecule has 9 nitrogen and oxygen atoms in total. The molecule has 0 spiro atoms. The second kappa shape index (κ2) is 7.74. The molecule has 1 aliphatic heterocycles. The molecule has 1 rings (SSSR count). The van der Waals surface area contributed by atoms with Gasteiger partial charge in [0.25, 0.3) is 0 Å². The Hall–Kier alpha value is -2.16. The number of rotatable bonds is 5. The van der Waals surface area contributed by atoms with Gasteiger partial charge in [0.1, 0.15) is 12.7 Å². The van der Waals surface area contributed by atoms with E-state index in [0.717, 1.165) is 20.8 Å². The summed E-state index contributed by atoms with van der Waals surface area (Å²) >= 11 is 0. The van der Waals surface area contributed by atoms with Gasteiger partial charge in [0.15, 0.2) is 6.10 Å². The summed E-state index contributed by atoms with van der Waals surface area (Å²) in [6.07, 6.45) is -4.40. The van der Waals surface area contributed by atoms with Crippen molar-refractivity contribution in [2.75, 3.05) is 6.61 Å². The van der Waals surface area contributed by atoms with Crippen molar-refractivity contribution < 1.29 is 42.9 Å². The Morgan fingerprint density at radius 1 is 0.773 bits per heavy atom. The van der Waals surface area contributed by atoms with E-state index >= 15 is 0 Å². The third kappa shape index (κ3) is 5.32. The lowest BCUT2D eigenvalue weighted by atomic mass is 10.1. The van der Waals surface area contributed by atoms with Crippen LogP contribution in [0, 0.1) is 0 Å². The monoisotopic (exact) mass is 318 g/mol. The average molecular weight is 318 g/mol. The van der Waals surface area contributed by atoms with Crippen molar-refractivity contribution in [1.29, 1.82) is 0 Å². The predicted molar refractivity (Wildman–Crippen MR) is 68.2 cm³/mol. The maximum Gasteiger partial charge on any atom is 0.305 e. The fourth-order valence-corrected chi connectivity index (χ4v) is 1.93. The molecule has 9 heteroatoms. The minimum absolute atomic E-state index is 0.247. The van der Waals surface area contributed by atoms with Crippen LogP contribution < -0.4 is 0 Å². The molecule has 1 saturated heterocycles.